The molecule has 0 aliphatic rings. The van der Waals surface area contributed by atoms with Gasteiger partial charge in [-0.3, -0.25) is 4.79 Å². The molecule has 0 rings (SSSR count). The number of carbonyl (C=O) groups excluding carboxylic acids is 1. The summed E-state index contributed by atoms with van der Waals surface area (Å²) in [5.41, 5.74) is 0.576. The second kappa shape index (κ2) is 4.56. The van der Waals surface area contributed by atoms with Crippen LogP contribution >= 0.6 is 0 Å². The van der Waals surface area contributed by atoms with Crippen LogP contribution in [-0.4, -0.2) is 5.91 Å². The van der Waals surface area contributed by atoms with Crippen molar-refractivity contribution in [2.45, 2.75) is 6.92 Å². The van der Waals surface area contributed by atoms with Crippen LogP contribution in [0.5, 0.6) is 0 Å². The molecule has 0 radical (unpaired) electrons. The lowest BCUT2D eigenvalue weighted by Crippen LogP contribution is -2.16. The first-order valence-corrected chi connectivity index (χ1v) is 2.92. The van der Waals surface area contributed by atoms with E-state index in [9.17, 15) is 4.79 Å². The topological polar surface area (TPSA) is 29.1 Å². The van der Waals surface area contributed by atoms with E-state index in [1.165, 1.54) is 6.92 Å². The Morgan fingerprint density at radius 3 is 2.60 bits per heavy atom. The third-order valence-electron chi connectivity index (χ3n) is 0.770. The van der Waals surface area contributed by atoms with E-state index in [-0.39, 0.29) is 5.91 Å². The molecule has 0 bridgehead atoms. The molecular weight excluding hydrogens is 126 g/mol. The molecule has 0 aliphatic carbocycles. The lowest BCUT2D eigenvalue weighted by atomic mass is 10.4. The van der Waals surface area contributed by atoms with Gasteiger partial charge in [0.2, 0.25) is 5.91 Å². The summed E-state index contributed by atoms with van der Waals surface area (Å²) in [5.74, 6) is -0.112. The summed E-state index contributed by atoms with van der Waals surface area (Å²) in [6.07, 6.45) is 5.00. The fraction of sp³-hybridized carbons (Fsp3) is 0.125. The van der Waals surface area contributed by atoms with Crippen LogP contribution in [0.2, 0.25) is 0 Å². The Labute approximate surface area is 60.9 Å². The van der Waals surface area contributed by atoms with Gasteiger partial charge >= 0.3 is 0 Å². The van der Waals surface area contributed by atoms with Crippen molar-refractivity contribution in [3.05, 3.63) is 37.1 Å². The van der Waals surface area contributed by atoms with Gasteiger partial charge in [0, 0.05) is 12.6 Å². The summed E-state index contributed by atoms with van der Waals surface area (Å²) in [6.45, 7) is 8.47. The normalized spacial score (nSPS) is 9.30. The molecule has 0 saturated heterocycles. The van der Waals surface area contributed by atoms with Crippen LogP contribution < -0.4 is 5.32 Å². The fourth-order valence-electron chi connectivity index (χ4n) is 0.452. The van der Waals surface area contributed by atoms with Gasteiger partial charge in [0.25, 0.3) is 0 Å². The van der Waals surface area contributed by atoms with Crippen molar-refractivity contribution in [1.29, 1.82) is 0 Å². The zero-order valence-corrected chi connectivity index (χ0v) is 6.05. The van der Waals surface area contributed by atoms with Crippen LogP contribution in [0.3, 0.4) is 0 Å². The highest BCUT2D eigenvalue weighted by Gasteiger charge is 1.88. The van der Waals surface area contributed by atoms with Crippen molar-refractivity contribution in [3.63, 3.8) is 0 Å². The molecule has 0 aromatic heterocycles. The summed E-state index contributed by atoms with van der Waals surface area (Å²) in [4.78, 5) is 10.4. The fourth-order valence-corrected chi connectivity index (χ4v) is 0.452. The van der Waals surface area contributed by atoms with E-state index >= 15 is 0 Å². The van der Waals surface area contributed by atoms with Crippen LogP contribution in [0.1, 0.15) is 6.92 Å². The molecule has 0 aromatic carbocycles. The number of nitrogens with one attached hydrogen (secondary N) is 1. The number of carbonyl (C=O) groups is 1. The number of amides is 1. The Bertz CT molecular complexity index is 180. The zero-order chi connectivity index (χ0) is 7.98. The minimum absolute atomic E-state index is 0.112. The highest BCUT2D eigenvalue weighted by atomic mass is 16.1. The third-order valence-corrected chi connectivity index (χ3v) is 0.770. The van der Waals surface area contributed by atoms with Gasteiger partial charge in [-0.2, -0.15) is 0 Å². The van der Waals surface area contributed by atoms with E-state index in [0.717, 1.165) is 0 Å². The van der Waals surface area contributed by atoms with Gasteiger partial charge in [-0.05, 0) is 6.08 Å². The SMILES string of the molecule is C=C/C=C\C(=C)NC(C)=O. The second-order valence-corrected chi connectivity index (χ2v) is 1.80. The average molecular weight is 137 g/mol. The van der Waals surface area contributed by atoms with Gasteiger partial charge in [-0.25, -0.2) is 0 Å². The maximum Gasteiger partial charge on any atom is 0.221 e. The van der Waals surface area contributed by atoms with Crippen molar-refractivity contribution in [1.82, 2.24) is 5.32 Å². The van der Waals surface area contributed by atoms with Crippen molar-refractivity contribution < 1.29 is 4.79 Å². The maximum atomic E-state index is 10.4. The monoisotopic (exact) mass is 137 g/mol. The molecule has 1 amide bonds. The Hall–Kier alpha value is -1.31. The van der Waals surface area contributed by atoms with Crippen molar-refractivity contribution in [2.75, 3.05) is 0 Å². The van der Waals surface area contributed by atoms with E-state index in [1.54, 1.807) is 18.2 Å². The molecule has 0 spiro atoms. The smallest absolute Gasteiger partial charge is 0.221 e. The van der Waals surface area contributed by atoms with E-state index < -0.39 is 0 Å². The van der Waals surface area contributed by atoms with Crippen LogP contribution in [0, 0.1) is 0 Å². The molecule has 1 N–H and O–H groups in total. The van der Waals surface area contributed by atoms with Gasteiger partial charge in [0.15, 0.2) is 0 Å². The van der Waals surface area contributed by atoms with E-state index in [2.05, 4.69) is 18.5 Å². The first-order valence-electron chi connectivity index (χ1n) is 2.92. The zero-order valence-electron chi connectivity index (χ0n) is 6.05. The summed E-state index contributed by atoms with van der Waals surface area (Å²) in [7, 11) is 0. The number of allylic oxidation sites excluding steroid dienone is 3. The quantitative estimate of drug-likeness (QED) is 0.585. The molecule has 0 aliphatic heterocycles. The van der Waals surface area contributed by atoms with Crippen LogP contribution in [0.15, 0.2) is 37.1 Å². The van der Waals surface area contributed by atoms with Crippen LogP contribution in [0.25, 0.3) is 0 Å². The lowest BCUT2D eigenvalue weighted by molar-refractivity contribution is -0.118. The molecular formula is C8H11NO. The lowest BCUT2D eigenvalue weighted by Gasteiger charge is -1.97. The first kappa shape index (κ1) is 8.69. The summed E-state index contributed by atoms with van der Waals surface area (Å²) < 4.78 is 0. The Morgan fingerprint density at radius 2 is 2.20 bits per heavy atom. The second-order valence-electron chi connectivity index (χ2n) is 1.80. The van der Waals surface area contributed by atoms with Crippen molar-refractivity contribution in [3.8, 4) is 0 Å². The number of hydrogen-bond donors (Lipinski definition) is 1. The van der Waals surface area contributed by atoms with Gasteiger partial charge in [0.05, 0.1) is 0 Å². The third kappa shape index (κ3) is 4.84. The van der Waals surface area contributed by atoms with Gasteiger partial charge in [-0.1, -0.05) is 25.3 Å². The minimum Gasteiger partial charge on any atom is -0.327 e. The molecule has 0 fully saturated rings. The molecule has 0 unspecified atom stereocenters. The van der Waals surface area contributed by atoms with Gasteiger partial charge < -0.3 is 5.32 Å². The molecule has 0 heterocycles. The number of rotatable bonds is 3. The standard InChI is InChI=1S/C8H11NO/c1-4-5-6-7(2)9-8(3)10/h4-6H,1-2H2,3H3,(H,9,10)/b6-5-. The maximum absolute atomic E-state index is 10.4. The largest absolute Gasteiger partial charge is 0.327 e. The molecule has 0 atom stereocenters. The van der Waals surface area contributed by atoms with Crippen LogP contribution in [-0.2, 0) is 4.79 Å². The minimum atomic E-state index is -0.112. The number of hydrogen-bond acceptors (Lipinski definition) is 1. The average Bonchev–Trinajstić information content (AvgIpc) is 1.82. The molecule has 0 aromatic rings. The summed E-state index contributed by atoms with van der Waals surface area (Å²) in [6, 6.07) is 0. The molecule has 2 nitrogen and oxygen atoms in total. The Kier molecular flexibility index (Phi) is 3.96. The Morgan fingerprint density at radius 1 is 1.60 bits per heavy atom. The van der Waals surface area contributed by atoms with E-state index in [4.69, 9.17) is 0 Å². The first-order chi connectivity index (χ1) is 4.66. The van der Waals surface area contributed by atoms with Gasteiger partial charge in [-0.15, -0.1) is 0 Å². The highest BCUT2D eigenvalue weighted by Crippen LogP contribution is 1.86. The molecule has 10 heavy (non-hydrogen) atoms. The predicted octanol–water partition coefficient (Wildman–Crippen LogP) is 1.38. The van der Waals surface area contributed by atoms with Crippen molar-refractivity contribution in [2.24, 2.45) is 0 Å². The van der Waals surface area contributed by atoms with Gasteiger partial charge in [0.1, 0.15) is 0 Å². The van der Waals surface area contributed by atoms with E-state index in [0.29, 0.717) is 5.70 Å². The van der Waals surface area contributed by atoms with E-state index in [1.807, 2.05) is 0 Å². The Balaban J connectivity index is 3.75. The van der Waals surface area contributed by atoms with Crippen molar-refractivity contribution >= 4 is 5.91 Å². The molecule has 54 valence electrons. The van der Waals surface area contributed by atoms with Crippen LogP contribution in [0.4, 0.5) is 0 Å². The molecule has 2 heteroatoms. The summed E-state index contributed by atoms with van der Waals surface area (Å²) in [5, 5.41) is 2.51. The molecule has 0 saturated carbocycles. The predicted molar refractivity (Wildman–Crippen MR) is 42.3 cm³/mol. The highest BCUT2D eigenvalue weighted by molar-refractivity contribution is 5.75. The summed E-state index contributed by atoms with van der Waals surface area (Å²) >= 11 is 0.